The number of amides is 1. The van der Waals surface area contributed by atoms with Gasteiger partial charge in [-0.25, -0.2) is 4.98 Å². The lowest BCUT2D eigenvalue weighted by molar-refractivity contribution is -0.307. The van der Waals surface area contributed by atoms with Crippen molar-refractivity contribution in [3.05, 3.63) is 76.6 Å². The number of carbonyl (C=O) groups is 2. The number of carboxylic acid groups (broad SMARTS) is 1. The number of aromatic nitrogens is 2. The summed E-state index contributed by atoms with van der Waals surface area (Å²) >= 11 is 6.07. The first-order chi connectivity index (χ1) is 17.2. The number of hydrogen-bond donors (Lipinski definition) is 3. The van der Waals surface area contributed by atoms with Gasteiger partial charge in [0, 0.05) is 36.1 Å². The van der Waals surface area contributed by atoms with Crippen LogP contribution in [0.3, 0.4) is 0 Å². The molecule has 1 heterocycles. The van der Waals surface area contributed by atoms with E-state index in [2.05, 4.69) is 5.32 Å². The van der Waals surface area contributed by atoms with Gasteiger partial charge in [0.1, 0.15) is 11.5 Å². The van der Waals surface area contributed by atoms with Gasteiger partial charge in [-0.05, 0) is 48.6 Å². The second-order valence-corrected chi connectivity index (χ2v) is 9.50. The Morgan fingerprint density at radius 3 is 2.33 bits per heavy atom. The van der Waals surface area contributed by atoms with Crippen molar-refractivity contribution < 1.29 is 24.9 Å². The smallest absolute Gasteiger partial charge is 0.272 e. The van der Waals surface area contributed by atoms with E-state index in [1.165, 1.54) is 0 Å². The van der Waals surface area contributed by atoms with Crippen molar-refractivity contribution >= 4 is 23.5 Å². The van der Waals surface area contributed by atoms with Gasteiger partial charge in [-0.2, -0.15) is 0 Å². The highest BCUT2D eigenvalue weighted by atomic mass is 35.5. The van der Waals surface area contributed by atoms with Gasteiger partial charge in [-0.1, -0.05) is 55.8 Å². The van der Waals surface area contributed by atoms with Crippen molar-refractivity contribution in [1.82, 2.24) is 14.9 Å². The number of imidazole rings is 1. The molecule has 0 saturated heterocycles. The fourth-order valence-electron chi connectivity index (χ4n) is 4.11. The molecule has 2 atom stereocenters. The Balaban J connectivity index is 1.90. The van der Waals surface area contributed by atoms with Crippen molar-refractivity contribution in [3.8, 4) is 11.4 Å². The van der Waals surface area contributed by atoms with Crippen LogP contribution in [0.2, 0.25) is 5.02 Å². The van der Waals surface area contributed by atoms with Crippen LogP contribution in [-0.2, 0) is 17.9 Å². The lowest BCUT2D eigenvalue weighted by Crippen LogP contribution is -2.29. The maximum absolute atomic E-state index is 13.2. The summed E-state index contributed by atoms with van der Waals surface area (Å²) in [6, 6.07) is 16.7. The van der Waals surface area contributed by atoms with Gasteiger partial charge in [0.2, 0.25) is 0 Å². The molecule has 36 heavy (non-hydrogen) atoms. The number of aliphatic hydroxyl groups is 2. The molecule has 0 bridgehead atoms. The van der Waals surface area contributed by atoms with Crippen LogP contribution in [0.15, 0.2) is 54.6 Å². The van der Waals surface area contributed by atoms with Crippen molar-refractivity contribution in [2.45, 2.75) is 64.3 Å². The topological polar surface area (TPSA) is 128 Å². The first-order valence-electron chi connectivity index (χ1n) is 11.9. The van der Waals surface area contributed by atoms with E-state index < -0.39 is 24.6 Å². The molecule has 8 nitrogen and oxygen atoms in total. The van der Waals surface area contributed by atoms with E-state index in [0.717, 1.165) is 11.1 Å². The molecule has 0 aliphatic carbocycles. The van der Waals surface area contributed by atoms with E-state index in [9.17, 15) is 24.9 Å². The van der Waals surface area contributed by atoms with Crippen LogP contribution < -0.4 is 10.4 Å². The largest absolute Gasteiger partial charge is 0.550 e. The van der Waals surface area contributed by atoms with Gasteiger partial charge >= 0.3 is 0 Å². The van der Waals surface area contributed by atoms with Gasteiger partial charge in [-0.15, -0.1) is 0 Å². The van der Waals surface area contributed by atoms with E-state index in [-0.39, 0.29) is 24.7 Å². The lowest BCUT2D eigenvalue weighted by atomic mass is 10.0. The predicted octanol–water partition coefficient (Wildman–Crippen LogP) is 2.90. The molecule has 9 heteroatoms. The Kier molecular flexibility index (Phi) is 9.64. The molecular formula is C27H31ClN3O5-. The molecule has 0 radical (unpaired) electrons. The fraction of sp³-hybridized carbons (Fsp3) is 0.370. The van der Waals surface area contributed by atoms with Crippen LogP contribution >= 0.6 is 11.6 Å². The van der Waals surface area contributed by atoms with Crippen LogP contribution in [0, 0.1) is 0 Å². The first-order valence-corrected chi connectivity index (χ1v) is 12.3. The average molecular weight is 513 g/mol. The highest BCUT2D eigenvalue weighted by Gasteiger charge is 2.26. The molecule has 3 N–H and O–H groups in total. The number of benzene rings is 2. The molecule has 3 aromatic rings. The standard InChI is InChI=1S/C27H32ClN3O5/c1-17(2)25-24(27(36)29-16-18-6-4-3-5-7-18)30-26(19-8-10-20(28)11-9-19)31(25)13-12-21(32)14-22(33)15-23(34)35/h3-11,17,21-22,32-33H,12-16H2,1-2H3,(H,29,36)(H,34,35)/p-1/t21-,22-/m1/s1. The summed E-state index contributed by atoms with van der Waals surface area (Å²) in [6.45, 7) is 4.60. The maximum Gasteiger partial charge on any atom is 0.272 e. The van der Waals surface area contributed by atoms with Crippen LogP contribution in [0.25, 0.3) is 11.4 Å². The molecule has 2 aromatic carbocycles. The van der Waals surface area contributed by atoms with Gasteiger partial charge in [0.15, 0.2) is 0 Å². The SMILES string of the molecule is CC(C)c1c(C(=O)NCc2ccccc2)nc(-c2ccc(Cl)cc2)n1CC[C@@H](O)C[C@@H](O)CC(=O)[O-]. The monoisotopic (exact) mass is 512 g/mol. The molecule has 1 amide bonds. The Morgan fingerprint density at radius 1 is 1.06 bits per heavy atom. The number of halogens is 1. The first kappa shape index (κ1) is 27.4. The van der Waals surface area contributed by atoms with E-state index >= 15 is 0 Å². The van der Waals surface area contributed by atoms with Crippen molar-refractivity contribution in [2.75, 3.05) is 0 Å². The van der Waals surface area contributed by atoms with Gasteiger partial charge in [0.05, 0.1) is 17.9 Å². The molecule has 0 spiro atoms. The van der Waals surface area contributed by atoms with Crippen LogP contribution in [-0.4, -0.2) is 43.8 Å². The molecule has 0 fully saturated rings. The average Bonchev–Trinajstić information content (AvgIpc) is 3.21. The van der Waals surface area contributed by atoms with E-state index in [4.69, 9.17) is 16.6 Å². The molecule has 0 aliphatic rings. The van der Waals surface area contributed by atoms with Crippen LogP contribution in [0.5, 0.6) is 0 Å². The highest BCUT2D eigenvalue weighted by molar-refractivity contribution is 6.30. The summed E-state index contributed by atoms with van der Waals surface area (Å²) in [5, 5.41) is 34.5. The zero-order chi connectivity index (χ0) is 26.2. The Labute approximate surface area is 215 Å². The summed E-state index contributed by atoms with van der Waals surface area (Å²) in [5.74, 6) is -1.18. The van der Waals surface area contributed by atoms with E-state index in [0.29, 0.717) is 35.3 Å². The number of hydrogen-bond acceptors (Lipinski definition) is 6. The van der Waals surface area contributed by atoms with Crippen molar-refractivity contribution in [3.63, 3.8) is 0 Å². The summed E-state index contributed by atoms with van der Waals surface area (Å²) in [4.78, 5) is 28.7. The zero-order valence-electron chi connectivity index (χ0n) is 20.4. The molecule has 192 valence electrons. The third kappa shape index (κ3) is 7.40. The number of nitrogens with zero attached hydrogens (tertiary/aromatic N) is 2. The quantitative estimate of drug-likeness (QED) is 0.342. The minimum atomic E-state index is -1.37. The number of rotatable bonds is 12. The lowest BCUT2D eigenvalue weighted by Gasteiger charge is -2.19. The molecule has 3 rings (SSSR count). The minimum absolute atomic E-state index is 0.0585. The Hall–Kier alpha value is -3.20. The second kappa shape index (κ2) is 12.7. The van der Waals surface area contributed by atoms with Crippen LogP contribution in [0.1, 0.15) is 60.8 Å². The minimum Gasteiger partial charge on any atom is -0.550 e. The van der Waals surface area contributed by atoms with E-state index in [1.807, 2.05) is 60.9 Å². The van der Waals surface area contributed by atoms with Gasteiger partial charge in [0.25, 0.3) is 5.91 Å². The summed E-state index contributed by atoms with van der Waals surface area (Å²) in [7, 11) is 0. The van der Waals surface area contributed by atoms with Gasteiger partial charge in [-0.3, -0.25) is 4.79 Å². The normalized spacial score (nSPS) is 12.9. The Morgan fingerprint density at radius 2 is 1.72 bits per heavy atom. The number of nitrogens with one attached hydrogen (secondary N) is 1. The van der Waals surface area contributed by atoms with Crippen molar-refractivity contribution in [1.29, 1.82) is 0 Å². The summed E-state index contributed by atoms with van der Waals surface area (Å²) < 4.78 is 1.90. The number of aliphatic hydroxyl groups excluding tert-OH is 2. The summed E-state index contributed by atoms with van der Waals surface area (Å²) in [5.41, 5.74) is 2.74. The third-order valence-electron chi connectivity index (χ3n) is 5.80. The zero-order valence-corrected chi connectivity index (χ0v) is 21.1. The van der Waals surface area contributed by atoms with Gasteiger partial charge < -0.3 is 30.0 Å². The fourth-order valence-corrected chi connectivity index (χ4v) is 4.24. The molecule has 1 aromatic heterocycles. The predicted molar refractivity (Wildman–Crippen MR) is 135 cm³/mol. The van der Waals surface area contributed by atoms with Crippen molar-refractivity contribution in [2.24, 2.45) is 0 Å². The molecule has 0 saturated carbocycles. The molecule has 0 unspecified atom stereocenters. The number of carbonyl (C=O) groups excluding carboxylic acids is 2. The molecule has 0 aliphatic heterocycles. The Bertz CT molecular complexity index is 1160. The molecular weight excluding hydrogens is 482 g/mol. The third-order valence-corrected chi connectivity index (χ3v) is 6.05. The number of carboxylic acids is 1. The highest BCUT2D eigenvalue weighted by Crippen LogP contribution is 2.29. The van der Waals surface area contributed by atoms with Crippen LogP contribution in [0.4, 0.5) is 0 Å². The number of aliphatic carboxylic acids is 1. The van der Waals surface area contributed by atoms with E-state index in [1.54, 1.807) is 12.1 Å². The summed E-state index contributed by atoms with van der Waals surface area (Å²) in [6.07, 6.45) is -2.56. The maximum atomic E-state index is 13.2. The second-order valence-electron chi connectivity index (χ2n) is 9.06.